The summed E-state index contributed by atoms with van der Waals surface area (Å²) in [5.74, 6) is 0. The van der Waals surface area contributed by atoms with Crippen LogP contribution in [0.5, 0.6) is 0 Å². The summed E-state index contributed by atoms with van der Waals surface area (Å²) in [6.45, 7) is 14.3. The molecule has 0 unspecified atom stereocenters. The lowest BCUT2D eigenvalue weighted by Gasteiger charge is -2.20. The van der Waals surface area contributed by atoms with Crippen LogP contribution in [0.4, 0.5) is 0 Å². The summed E-state index contributed by atoms with van der Waals surface area (Å²) >= 11 is 0. The predicted molar refractivity (Wildman–Crippen MR) is 99.7 cm³/mol. The Hall–Kier alpha value is -1.63. The number of benzene rings is 1. The van der Waals surface area contributed by atoms with E-state index >= 15 is 0 Å². The summed E-state index contributed by atoms with van der Waals surface area (Å²) in [5, 5.41) is 0. The molecule has 124 valence electrons. The zero-order chi connectivity index (χ0) is 20.1. The van der Waals surface area contributed by atoms with Crippen molar-refractivity contribution in [3.05, 3.63) is 53.2 Å². The van der Waals surface area contributed by atoms with Crippen LogP contribution in [0.15, 0.2) is 36.5 Å². The van der Waals surface area contributed by atoms with E-state index in [1.54, 1.807) is 10.6 Å². The van der Waals surface area contributed by atoms with Crippen molar-refractivity contribution < 1.29 is 8.68 Å². The van der Waals surface area contributed by atoms with Gasteiger partial charge in [-0.3, -0.25) is 0 Å². The third kappa shape index (κ3) is 4.43. The first-order valence-electron chi connectivity index (χ1n) is 9.79. The van der Waals surface area contributed by atoms with E-state index in [-0.39, 0.29) is 11.6 Å². The smallest absolute Gasteiger partial charge is 0.201 e. The Balaban J connectivity index is 2.67. The van der Waals surface area contributed by atoms with Crippen LogP contribution < -0.4 is 4.57 Å². The second-order valence-electron chi connectivity index (χ2n) is 8.46. The van der Waals surface area contributed by atoms with Crippen LogP contribution in [0.25, 0.3) is 11.3 Å². The molecule has 2 rings (SSSR count). The SMILES string of the molecule is [2H]c1c(C([2H])([2H])C(C)(C)C)ccc(-c2cc(C(C)(C)C)ccc2C)[n+]1C. The summed E-state index contributed by atoms with van der Waals surface area (Å²) in [5.41, 5.74) is 4.33. The molecule has 0 atom stereocenters. The Morgan fingerprint density at radius 1 is 1.04 bits per heavy atom. The van der Waals surface area contributed by atoms with Crippen molar-refractivity contribution in [3.8, 4) is 11.3 Å². The number of hydrogen-bond acceptors (Lipinski definition) is 0. The molecule has 0 bridgehead atoms. The van der Waals surface area contributed by atoms with Crippen molar-refractivity contribution in [2.24, 2.45) is 12.5 Å². The molecule has 0 aliphatic rings. The quantitative estimate of drug-likeness (QED) is 0.656. The van der Waals surface area contributed by atoms with Crippen molar-refractivity contribution in [2.75, 3.05) is 0 Å². The normalized spacial score (nSPS) is 15.0. The van der Waals surface area contributed by atoms with E-state index in [2.05, 4.69) is 45.9 Å². The molecule has 0 spiro atoms. The van der Waals surface area contributed by atoms with Gasteiger partial charge in [-0.2, -0.15) is 0 Å². The van der Waals surface area contributed by atoms with Crippen LogP contribution in [0.2, 0.25) is 0 Å². The molecule has 1 aromatic carbocycles. The highest BCUT2D eigenvalue weighted by molar-refractivity contribution is 5.62. The van der Waals surface area contributed by atoms with Crippen LogP contribution >= 0.6 is 0 Å². The topological polar surface area (TPSA) is 3.88 Å². The average molecular weight is 314 g/mol. The lowest BCUT2D eigenvalue weighted by Crippen LogP contribution is -2.32. The molecule has 0 radical (unpaired) electrons. The molecular formula is C22H32N+. The van der Waals surface area contributed by atoms with E-state index in [1.165, 1.54) is 5.56 Å². The molecule has 0 saturated carbocycles. The number of pyridine rings is 1. The number of hydrogen-bond donors (Lipinski definition) is 0. The molecule has 1 aromatic heterocycles. The van der Waals surface area contributed by atoms with Crippen LogP contribution in [-0.2, 0) is 18.8 Å². The van der Waals surface area contributed by atoms with Gasteiger partial charge >= 0.3 is 0 Å². The fraction of sp³-hybridized carbons (Fsp3) is 0.500. The highest BCUT2D eigenvalue weighted by Gasteiger charge is 2.20. The molecule has 0 fully saturated rings. The molecule has 1 nitrogen and oxygen atoms in total. The van der Waals surface area contributed by atoms with Gasteiger partial charge in [-0.15, -0.1) is 0 Å². The van der Waals surface area contributed by atoms with Gasteiger partial charge in [0.25, 0.3) is 0 Å². The third-order valence-corrected chi connectivity index (χ3v) is 3.95. The second-order valence-corrected chi connectivity index (χ2v) is 8.46. The van der Waals surface area contributed by atoms with E-state index in [9.17, 15) is 0 Å². The van der Waals surface area contributed by atoms with Gasteiger partial charge in [-0.25, -0.2) is 4.57 Å². The first-order chi connectivity index (χ1) is 11.7. The number of nitrogens with zero attached hydrogens (tertiary/aromatic N) is 1. The van der Waals surface area contributed by atoms with E-state index in [1.807, 2.05) is 33.9 Å². The fourth-order valence-corrected chi connectivity index (χ4v) is 2.66. The van der Waals surface area contributed by atoms with E-state index in [4.69, 9.17) is 4.11 Å². The largest absolute Gasteiger partial charge is 0.212 e. The summed E-state index contributed by atoms with van der Waals surface area (Å²) in [6.07, 6.45) is -1.36. The summed E-state index contributed by atoms with van der Waals surface area (Å²) in [6, 6.07) is 10.2. The maximum absolute atomic E-state index is 8.59. The summed E-state index contributed by atoms with van der Waals surface area (Å²) in [4.78, 5) is 0. The first-order valence-corrected chi connectivity index (χ1v) is 8.29. The molecule has 0 N–H and O–H groups in total. The minimum atomic E-state index is -1.58. The molecule has 0 aliphatic carbocycles. The minimum Gasteiger partial charge on any atom is -0.201 e. The molecule has 1 heteroatoms. The Morgan fingerprint density at radius 3 is 2.26 bits per heavy atom. The fourth-order valence-electron chi connectivity index (χ4n) is 2.66. The van der Waals surface area contributed by atoms with Crippen molar-refractivity contribution in [3.63, 3.8) is 0 Å². The van der Waals surface area contributed by atoms with Crippen molar-refractivity contribution in [1.29, 1.82) is 0 Å². The number of rotatable bonds is 2. The van der Waals surface area contributed by atoms with Crippen molar-refractivity contribution >= 4 is 0 Å². The van der Waals surface area contributed by atoms with Gasteiger partial charge < -0.3 is 0 Å². The lowest BCUT2D eigenvalue weighted by atomic mass is 9.84. The maximum atomic E-state index is 8.59. The van der Waals surface area contributed by atoms with Gasteiger partial charge in [-0.05, 0) is 47.4 Å². The molecule has 2 aromatic rings. The van der Waals surface area contributed by atoms with Gasteiger partial charge in [0, 0.05) is 19.9 Å². The zero-order valence-electron chi connectivity index (χ0n) is 18.8. The Kier molecular flexibility index (Phi) is 3.66. The summed E-state index contributed by atoms with van der Waals surface area (Å²) in [7, 11) is 1.85. The average Bonchev–Trinajstić information content (AvgIpc) is 2.48. The minimum absolute atomic E-state index is 0.0501. The molecule has 0 amide bonds. The first kappa shape index (κ1) is 13.8. The maximum Gasteiger partial charge on any atom is 0.212 e. The van der Waals surface area contributed by atoms with Gasteiger partial charge in [-0.1, -0.05) is 53.7 Å². The van der Waals surface area contributed by atoms with E-state index in [0.717, 1.165) is 16.8 Å². The van der Waals surface area contributed by atoms with Gasteiger partial charge in [0.05, 0.1) is 0 Å². The highest BCUT2D eigenvalue weighted by atomic mass is 14.9. The predicted octanol–water partition coefficient (Wildman–Crippen LogP) is 5.37. The lowest BCUT2D eigenvalue weighted by molar-refractivity contribution is -0.660. The molecule has 0 aliphatic heterocycles. The van der Waals surface area contributed by atoms with E-state index < -0.39 is 11.8 Å². The molecule has 0 saturated heterocycles. The number of aromatic nitrogens is 1. The van der Waals surface area contributed by atoms with Crippen LogP contribution in [0.1, 0.15) is 62.3 Å². The highest BCUT2D eigenvalue weighted by Crippen LogP contribution is 2.29. The molecular weight excluding hydrogens is 278 g/mol. The Labute approximate surface area is 146 Å². The van der Waals surface area contributed by atoms with Gasteiger partial charge in [0.15, 0.2) is 6.17 Å². The van der Waals surface area contributed by atoms with Crippen molar-refractivity contribution in [1.82, 2.24) is 0 Å². The van der Waals surface area contributed by atoms with Crippen LogP contribution in [0, 0.1) is 12.3 Å². The Morgan fingerprint density at radius 2 is 1.70 bits per heavy atom. The summed E-state index contributed by atoms with van der Waals surface area (Å²) < 4.78 is 27.4. The number of aryl methyl sites for hydroxylation is 1. The van der Waals surface area contributed by atoms with Gasteiger partial charge in [0.1, 0.15) is 8.42 Å². The second kappa shape index (κ2) is 6.11. The molecule has 23 heavy (non-hydrogen) atoms. The zero-order valence-corrected chi connectivity index (χ0v) is 15.8. The van der Waals surface area contributed by atoms with Crippen LogP contribution in [0.3, 0.4) is 0 Å². The molecule has 1 heterocycles. The monoisotopic (exact) mass is 313 g/mol. The van der Waals surface area contributed by atoms with E-state index in [0.29, 0.717) is 5.56 Å². The van der Waals surface area contributed by atoms with Crippen LogP contribution in [-0.4, -0.2) is 0 Å². The third-order valence-electron chi connectivity index (χ3n) is 3.95. The Bertz CT molecular complexity index is 825. The van der Waals surface area contributed by atoms with Crippen molar-refractivity contribution in [2.45, 2.75) is 60.3 Å². The van der Waals surface area contributed by atoms with Gasteiger partial charge in [0.2, 0.25) is 5.69 Å². The standard InChI is InChI=1S/C22H32N/c1-16-9-11-18(22(5,6)7)13-19(16)20-12-10-17(15-23(20)8)14-21(2,3)4/h9-13,15H,14H2,1-8H3/q+1/i14D2,15D.